The Morgan fingerprint density at radius 3 is 1.35 bits per heavy atom. The molecular weight excluding hydrogens is 204 g/mol. The molecule has 0 heterocycles. The Balaban J connectivity index is 3.12. The molecule has 0 aliphatic rings. The van der Waals surface area contributed by atoms with E-state index < -0.39 is 0 Å². The Bertz CT molecular complexity index is 157. The van der Waals surface area contributed by atoms with E-state index >= 15 is 0 Å². The summed E-state index contributed by atoms with van der Waals surface area (Å²) in [5.74, 6) is 0. The van der Waals surface area contributed by atoms with Crippen LogP contribution in [-0.2, 0) is 0 Å². The molecule has 0 aliphatic carbocycles. The van der Waals surface area contributed by atoms with Gasteiger partial charge in [-0.1, -0.05) is 83.8 Å². The number of allylic oxidation sites excluding steroid dienone is 1. The highest BCUT2D eigenvalue weighted by molar-refractivity contribution is 4.93. The van der Waals surface area contributed by atoms with Crippen molar-refractivity contribution in [1.82, 2.24) is 0 Å². The number of hydrogen-bond donors (Lipinski definition) is 0. The van der Waals surface area contributed by atoms with Gasteiger partial charge in [0.2, 0.25) is 0 Å². The Labute approximate surface area is 110 Å². The van der Waals surface area contributed by atoms with Gasteiger partial charge in [-0.25, -0.2) is 0 Å². The summed E-state index contributed by atoms with van der Waals surface area (Å²) in [5.41, 5.74) is 1.50. The van der Waals surface area contributed by atoms with E-state index in [2.05, 4.69) is 20.4 Å². The van der Waals surface area contributed by atoms with Crippen molar-refractivity contribution in [1.29, 1.82) is 0 Å². The summed E-state index contributed by atoms with van der Waals surface area (Å²) >= 11 is 0. The van der Waals surface area contributed by atoms with E-state index in [1.165, 1.54) is 89.0 Å². The fourth-order valence-corrected chi connectivity index (χ4v) is 2.26. The Morgan fingerprint density at radius 1 is 0.588 bits per heavy atom. The van der Waals surface area contributed by atoms with E-state index in [0.717, 1.165) is 0 Å². The van der Waals surface area contributed by atoms with Crippen LogP contribution in [0.4, 0.5) is 0 Å². The molecule has 0 saturated heterocycles. The average molecular weight is 238 g/mol. The van der Waals surface area contributed by atoms with Gasteiger partial charge in [-0.05, 0) is 25.7 Å². The van der Waals surface area contributed by atoms with E-state index in [-0.39, 0.29) is 0 Å². The molecule has 0 atom stereocenters. The van der Waals surface area contributed by atoms with Crippen LogP contribution < -0.4 is 0 Å². The van der Waals surface area contributed by atoms with Gasteiger partial charge < -0.3 is 0 Å². The number of hydrogen-bond acceptors (Lipinski definition) is 0. The molecule has 0 aromatic heterocycles. The predicted molar refractivity (Wildman–Crippen MR) is 80.5 cm³/mol. The van der Waals surface area contributed by atoms with Gasteiger partial charge in [0.1, 0.15) is 0 Å². The van der Waals surface area contributed by atoms with Crippen molar-refractivity contribution in [2.75, 3.05) is 0 Å². The monoisotopic (exact) mass is 238 g/mol. The van der Waals surface area contributed by atoms with E-state index in [1.807, 2.05) is 0 Å². The van der Waals surface area contributed by atoms with Crippen LogP contribution in [0.25, 0.3) is 0 Å². The summed E-state index contributed by atoms with van der Waals surface area (Å²) < 4.78 is 0. The van der Waals surface area contributed by atoms with Crippen molar-refractivity contribution in [3.63, 3.8) is 0 Å². The van der Waals surface area contributed by atoms with Crippen LogP contribution in [0.15, 0.2) is 12.2 Å². The lowest BCUT2D eigenvalue weighted by Gasteiger charge is -2.05. The lowest BCUT2D eigenvalue weighted by atomic mass is 10.0. The first-order valence-electron chi connectivity index (χ1n) is 7.97. The average Bonchev–Trinajstić information content (AvgIpc) is 2.33. The normalized spacial score (nSPS) is 10.7. The zero-order valence-electron chi connectivity index (χ0n) is 12.4. The molecule has 0 spiro atoms. The maximum absolute atomic E-state index is 4.21. The van der Waals surface area contributed by atoms with Crippen molar-refractivity contribution >= 4 is 0 Å². The Morgan fingerprint density at radius 2 is 0.941 bits per heavy atom. The van der Waals surface area contributed by atoms with E-state index in [1.54, 1.807) is 0 Å². The molecule has 0 amide bonds. The first kappa shape index (κ1) is 16.7. The molecule has 0 aromatic rings. The van der Waals surface area contributed by atoms with Crippen LogP contribution in [0.2, 0.25) is 0 Å². The third-order valence-electron chi connectivity index (χ3n) is 3.52. The minimum absolute atomic E-state index is 1.28. The third kappa shape index (κ3) is 13.7. The summed E-state index contributed by atoms with van der Waals surface area (Å²) in [6.45, 7) is 8.76. The van der Waals surface area contributed by atoms with E-state index in [9.17, 15) is 0 Å². The third-order valence-corrected chi connectivity index (χ3v) is 3.52. The molecule has 0 fully saturated rings. The molecule has 0 nitrogen and oxygen atoms in total. The lowest BCUT2D eigenvalue weighted by Crippen LogP contribution is -1.86. The van der Waals surface area contributed by atoms with Crippen molar-refractivity contribution < 1.29 is 0 Å². The van der Waals surface area contributed by atoms with Crippen LogP contribution in [-0.4, -0.2) is 0 Å². The molecule has 0 heteroatoms. The molecule has 0 bridgehead atoms. The molecule has 0 saturated carbocycles. The molecule has 0 N–H and O–H groups in total. The molecule has 102 valence electrons. The highest BCUT2D eigenvalue weighted by Crippen LogP contribution is 2.16. The van der Waals surface area contributed by atoms with E-state index in [0.29, 0.717) is 0 Å². The minimum Gasteiger partial charge on any atom is -0.0999 e. The molecule has 0 rings (SSSR count). The van der Waals surface area contributed by atoms with Gasteiger partial charge in [0, 0.05) is 0 Å². The smallest absolute Gasteiger partial charge is 0.0323 e. The summed E-state index contributed by atoms with van der Waals surface area (Å²) in [6.07, 6.45) is 17.9. The fraction of sp³-hybridized carbons (Fsp3) is 0.882. The van der Waals surface area contributed by atoms with Crippen molar-refractivity contribution in [3.8, 4) is 0 Å². The van der Waals surface area contributed by atoms with Gasteiger partial charge >= 0.3 is 0 Å². The van der Waals surface area contributed by atoms with Crippen LogP contribution in [0.1, 0.15) is 97.3 Å². The number of unbranched alkanes of at least 4 members (excludes halogenated alkanes) is 9. The van der Waals surface area contributed by atoms with Crippen LogP contribution in [0.5, 0.6) is 0 Å². The lowest BCUT2D eigenvalue weighted by molar-refractivity contribution is 0.590. The van der Waals surface area contributed by atoms with Crippen molar-refractivity contribution in [3.05, 3.63) is 12.2 Å². The molecule has 0 radical (unpaired) electrons. The second kappa shape index (κ2) is 13.8. The first-order chi connectivity index (χ1) is 8.31. The summed E-state index contributed by atoms with van der Waals surface area (Å²) in [4.78, 5) is 0. The Hall–Kier alpha value is -0.260. The quantitative estimate of drug-likeness (QED) is 0.249. The second-order valence-electron chi connectivity index (χ2n) is 5.43. The van der Waals surface area contributed by atoms with Gasteiger partial charge in [-0.3, -0.25) is 0 Å². The summed E-state index contributed by atoms with van der Waals surface area (Å²) in [6, 6.07) is 0. The van der Waals surface area contributed by atoms with Crippen LogP contribution in [0, 0.1) is 0 Å². The molecule has 17 heavy (non-hydrogen) atoms. The Kier molecular flexibility index (Phi) is 13.6. The fourth-order valence-electron chi connectivity index (χ4n) is 2.26. The van der Waals surface area contributed by atoms with Gasteiger partial charge in [-0.15, -0.1) is 0 Å². The summed E-state index contributed by atoms with van der Waals surface area (Å²) in [5, 5.41) is 0. The largest absolute Gasteiger partial charge is 0.0999 e. The second-order valence-corrected chi connectivity index (χ2v) is 5.43. The first-order valence-corrected chi connectivity index (χ1v) is 7.97. The van der Waals surface area contributed by atoms with Crippen LogP contribution >= 0.6 is 0 Å². The standard InChI is InChI=1S/C17H34/c1-4-6-8-10-12-14-16-17(3)15-13-11-9-7-5-2/h3-16H2,1-2H3. The highest BCUT2D eigenvalue weighted by Gasteiger charge is 1.96. The van der Waals surface area contributed by atoms with Gasteiger partial charge in [0.05, 0.1) is 0 Å². The zero-order chi connectivity index (χ0) is 12.8. The van der Waals surface area contributed by atoms with Gasteiger partial charge in [-0.2, -0.15) is 0 Å². The van der Waals surface area contributed by atoms with Gasteiger partial charge in [0.25, 0.3) is 0 Å². The topological polar surface area (TPSA) is 0 Å². The predicted octanol–water partition coefficient (Wildman–Crippen LogP) is 6.65. The molecule has 0 aliphatic heterocycles. The minimum atomic E-state index is 1.28. The van der Waals surface area contributed by atoms with Crippen LogP contribution in [0.3, 0.4) is 0 Å². The SMILES string of the molecule is C=C(CCCCCCC)CCCCCCCC. The maximum Gasteiger partial charge on any atom is -0.0323 e. The summed E-state index contributed by atoms with van der Waals surface area (Å²) in [7, 11) is 0. The zero-order valence-corrected chi connectivity index (χ0v) is 12.4. The van der Waals surface area contributed by atoms with E-state index in [4.69, 9.17) is 0 Å². The number of rotatable bonds is 13. The van der Waals surface area contributed by atoms with Crippen molar-refractivity contribution in [2.24, 2.45) is 0 Å². The molecular formula is C17H34. The van der Waals surface area contributed by atoms with Crippen molar-refractivity contribution in [2.45, 2.75) is 97.3 Å². The molecule has 0 unspecified atom stereocenters. The molecule has 0 aromatic carbocycles. The maximum atomic E-state index is 4.21. The van der Waals surface area contributed by atoms with Gasteiger partial charge in [0.15, 0.2) is 0 Å². The highest BCUT2D eigenvalue weighted by atomic mass is 14.0.